The molecule has 1 N–H and O–H groups in total. The first-order chi connectivity index (χ1) is 9.82. The highest BCUT2D eigenvalue weighted by molar-refractivity contribution is 5.97. The van der Waals surface area contributed by atoms with E-state index in [1.807, 2.05) is 20.8 Å². The number of rotatable bonds is 3. The number of hydrogen-bond acceptors (Lipinski definition) is 3. The van der Waals surface area contributed by atoms with Crippen LogP contribution in [0.1, 0.15) is 53.6 Å². The number of carbonyl (C=O) groups is 2. The number of amides is 1. The lowest BCUT2D eigenvalue weighted by atomic mass is 9.76. The first-order valence-corrected chi connectivity index (χ1v) is 7.41. The van der Waals surface area contributed by atoms with Crippen LogP contribution in [-0.2, 0) is 4.79 Å². The monoisotopic (exact) mass is 293 g/mol. The summed E-state index contributed by atoms with van der Waals surface area (Å²) in [5.41, 5.74) is 0.836. The number of nitrogens with zero attached hydrogens (tertiary/aromatic N) is 1. The Kier molecular flexibility index (Phi) is 4.12. The van der Waals surface area contributed by atoms with Crippen molar-refractivity contribution >= 4 is 11.9 Å². The normalized spacial score (nSPS) is 17.8. The number of piperidine rings is 1. The second kappa shape index (κ2) is 5.54. The first-order valence-electron chi connectivity index (χ1n) is 7.41. The molecule has 0 spiro atoms. The van der Waals surface area contributed by atoms with Crippen LogP contribution in [0.2, 0.25) is 0 Å². The molecule has 2 rings (SSSR count). The third-order valence-corrected chi connectivity index (χ3v) is 4.91. The van der Waals surface area contributed by atoms with Crippen LogP contribution < -0.4 is 0 Å². The van der Waals surface area contributed by atoms with Gasteiger partial charge in [0.1, 0.15) is 11.5 Å². The molecule has 0 unspecified atom stereocenters. The Morgan fingerprint density at radius 1 is 1.19 bits per heavy atom. The summed E-state index contributed by atoms with van der Waals surface area (Å²) in [5, 5.41) is 9.40. The fourth-order valence-electron chi connectivity index (χ4n) is 3.12. The molecule has 21 heavy (non-hydrogen) atoms. The summed E-state index contributed by atoms with van der Waals surface area (Å²) in [5.74, 6) is 0.613. The van der Waals surface area contributed by atoms with E-state index in [4.69, 9.17) is 4.42 Å². The van der Waals surface area contributed by atoms with Gasteiger partial charge in [0.05, 0.1) is 11.0 Å². The van der Waals surface area contributed by atoms with Crippen molar-refractivity contribution in [1.82, 2.24) is 4.90 Å². The molecule has 1 aliphatic heterocycles. The van der Waals surface area contributed by atoms with E-state index in [1.165, 1.54) is 0 Å². The van der Waals surface area contributed by atoms with Crippen LogP contribution in [0.5, 0.6) is 0 Å². The van der Waals surface area contributed by atoms with Crippen molar-refractivity contribution in [2.75, 3.05) is 13.1 Å². The molecule has 116 valence electrons. The minimum atomic E-state index is -0.747. The van der Waals surface area contributed by atoms with Gasteiger partial charge in [-0.25, -0.2) is 0 Å². The van der Waals surface area contributed by atoms with Crippen molar-refractivity contribution in [2.45, 2.75) is 47.0 Å². The van der Waals surface area contributed by atoms with Crippen molar-refractivity contribution in [1.29, 1.82) is 0 Å². The minimum absolute atomic E-state index is 0.0445. The molecule has 1 aromatic rings. The van der Waals surface area contributed by atoms with Crippen LogP contribution in [0.15, 0.2) is 4.42 Å². The van der Waals surface area contributed by atoms with Crippen LogP contribution in [0.4, 0.5) is 0 Å². The molecule has 1 aromatic heterocycles. The van der Waals surface area contributed by atoms with E-state index in [9.17, 15) is 14.7 Å². The van der Waals surface area contributed by atoms with Crippen molar-refractivity contribution in [3.8, 4) is 0 Å². The molecule has 5 heteroatoms. The summed E-state index contributed by atoms with van der Waals surface area (Å²) in [6, 6.07) is 0. The molecular formula is C16H23NO4. The fraction of sp³-hybridized carbons (Fsp3) is 0.625. The molecule has 0 aromatic carbocycles. The number of carbonyl (C=O) groups excluding carboxylic acids is 1. The Bertz CT molecular complexity index is 565. The number of hydrogen-bond donors (Lipinski definition) is 1. The third-order valence-electron chi connectivity index (χ3n) is 4.91. The van der Waals surface area contributed by atoms with Gasteiger partial charge in [-0.1, -0.05) is 6.92 Å². The highest BCUT2D eigenvalue weighted by atomic mass is 16.4. The Labute approximate surface area is 124 Å². The lowest BCUT2D eigenvalue weighted by Gasteiger charge is -2.38. The van der Waals surface area contributed by atoms with Crippen LogP contribution in [0.25, 0.3) is 0 Å². The second-order valence-electron chi connectivity index (χ2n) is 5.95. The maximum absolute atomic E-state index is 12.6. The Balaban J connectivity index is 2.16. The molecule has 0 bridgehead atoms. The average Bonchev–Trinajstić information content (AvgIpc) is 2.71. The van der Waals surface area contributed by atoms with E-state index in [-0.39, 0.29) is 5.91 Å². The topological polar surface area (TPSA) is 70.8 Å². The molecule has 1 aliphatic rings. The molecule has 5 nitrogen and oxygen atoms in total. The van der Waals surface area contributed by atoms with E-state index < -0.39 is 11.4 Å². The Morgan fingerprint density at radius 2 is 1.76 bits per heavy atom. The van der Waals surface area contributed by atoms with E-state index in [0.717, 1.165) is 11.3 Å². The van der Waals surface area contributed by atoms with Crippen molar-refractivity contribution < 1.29 is 19.1 Å². The van der Waals surface area contributed by atoms with Crippen LogP contribution in [0.3, 0.4) is 0 Å². The predicted molar refractivity (Wildman–Crippen MR) is 78.4 cm³/mol. The first kappa shape index (κ1) is 15.6. The van der Waals surface area contributed by atoms with E-state index in [1.54, 1.807) is 11.8 Å². The van der Waals surface area contributed by atoms with Gasteiger partial charge in [-0.3, -0.25) is 9.59 Å². The van der Waals surface area contributed by atoms with E-state index in [0.29, 0.717) is 43.7 Å². The van der Waals surface area contributed by atoms with E-state index >= 15 is 0 Å². The molecule has 1 fully saturated rings. The molecule has 0 radical (unpaired) electrons. The molecule has 0 atom stereocenters. The fourth-order valence-corrected chi connectivity index (χ4v) is 3.12. The van der Waals surface area contributed by atoms with Crippen LogP contribution in [0, 0.1) is 26.2 Å². The predicted octanol–water partition coefficient (Wildman–Crippen LogP) is 2.92. The summed E-state index contributed by atoms with van der Waals surface area (Å²) < 4.78 is 5.52. The number of furan rings is 1. The van der Waals surface area contributed by atoms with Crippen LogP contribution in [-0.4, -0.2) is 35.0 Å². The standard InChI is InChI=1S/C16H23NO4/c1-5-16(15(19)20)6-8-17(9-7-16)14(18)13-10(2)11(3)21-12(13)4/h5-9H2,1-4H3,(H,19,20). The largest absolute Gasteiger partial charge is 0.481 e. The summed E-state index contributed by atoms with van der Waals surface area (Å²) in [6.07, 6.45) is 1.63. The molecular weight excluding hydrogens is 270 g/mol. The highest BCUT2D eigenvalue weighted by Gasteiger charge is 2.41. The lowest BCUT2D eigenvalue weighted by molar-refractivity contribution is -0.152. The maximum Gasteiger partial charge on any atom is 0.309 e. The van der Waals surface area contributed by atoms with Gasteiger partial charge in [0.2, 0.25) is 0 Å². The summed E-state index contributed by atoms with van der Waals surface area (Å²) >= 11 is 0. The van der Waals surface area contributed by atoms with Crippen molar-refractivity contribution in [2.24, 2.45) is 5.41 Å². The lowest BCUT2D eigenvalue weighted by Crippen LogP contribution is -2.46. The third kappa shape index (κ3) is 2.57. The number of aliphatic carboxylic acids is 1. The maximum atomic E-state index is 12.6. The van der Waals surface area contributed by atoms with Gasteiger partial charge >= 0.3 is 5.97 Å². The van der Waals surface area contributed by atoms with Crippen molar-refractivity contribution in [3.63, 3.8) is 0 Å². The number of likely N-dealkylation sites (tertiary alicyclic amines) is 1. The Hall–Kier alpha value is -1.78. The zero-order chi connectivity index (χ0) is 15.8. The molecule has 2 heterocycles. The van der Waals surface area contributed by atoms with Gasteiger partial charge in [0.25, 0.3) is 5.91 Å². The zero-order valence-electron chi connectivity index (χ0n) is 13.2. The van der Waals surface area contributed by atoms with Gasteiger partial charge in [-0.15, -0.1) is 0 Å². The van der Waals surface area contributed by atoms with Crippen molar-refractivity contribution in [3.05, 3.63) is 22.6 Å². The summed E-state index contributed by atoms with van der Waals surface area (Å²) in [6.45, 7) is 8.41. The van der Waals surface area contributed by atoms with E-state index in [2.05, 4.69) is 0 Å². The van der Waals surface area contributed by atoms with Gasteiger partial charge in [-0.05, 0) is 40.0 Å². The average molecular weight is 293 g/mol. The van der Waals surface area contributed by atoms with Gasteiger partial charge in [0, 0.05) is 18.7 Å². The Morgan fingerprint density at radius 3 is 2.14 bits per heavy atom. The summed E-state index contributed by atoms with van der Waals surface area (Å²) in [4.78, 5) is 25.8. The zero-order valence-corrected chi connectivity index (χ0v) is 13.2. The molecule has 0 aliphatic carbocycles. The smallest absolute Gasteiger partial charge is 0.309 e. The summed E-state index contributed by atoms with van der Waals surface area (Å²) in [7, 11) is 0. The highest BCUT2D eigenvalue weighted by Crippen LogP contribution is 2.36. The number of carboxylic acid groups (broad SMARTS) is 1. The number of aryl methyl sites for hydroxylation is 2. The molecule has 1 amide bonds. The van der Waals surface area contributed by atoms with Gasteiger partial charge < -0.3 is 14.4 Å². The van der Waals surface area contributed by atoms with Gasteiger partial charge in [0.15, 0.2) is 0 Å². The number of carboxylic acids is 1. The van der Waals surface area contributed by atoms with Crippen LogP contribution >= 0.6 is 0 Å². The quantitative estimate of drug-likeness (QED) is 0.930. The minimum Gasteiger partial charge on any atom is -0.481 e. The second-order valence-corrected chi connectivity index (χ2v) is 5.95. The van der Waals surface area contributed by atoms with Gasteiger partial charge in [-0.2, -0.15) is 0 Å². The molecule has 1 saturated heterocycles. The molecule has 0 saturated carbocycles. The SMILES string of the molecule is CCC1(C(=O)O)CCN(C(=O)c2c(C)oc(C)c2C)CC1.